The maximum absolute atomic E-state index is 4.32. The van der Waals surface area contributed by atoms with Crippen molar-refractivity contribution in [1.82, 2.24) is 4.90 Å². The summed E-state index contributed by atoms with van der Waals surface area (Å²) in [4.78, 5) is 6.78. The molecular weight excluding hydrogens is 196 g/mol. The lowest BCUT2D eigenvalue weighted by atomic mass is 10.0. The van der Waals surface area contributed by atoms with Crippen molar-refractivity contribution in [2.24, 2.45) is 4.99 Å². The smallest absolute Gasteiger partial charge is 0.0263 e. The summed E-state index contributed by atoms with van der Waals surface area (Å²) in [6, 6.07) is 0. The molecule has 2 rings (SSSR count). The second-order valence-corrected chi connectivity index (χ2v) is 4.94. The van der Waals surface area contributed by atoms with E-state index >= 15 is 0 Å². The molecule has 1 fully saturated rings. The van der Waals surface area contributed by atoms with Crippen LogP contribution in [0.3, 0.4) is 0 Å². The van der Waals surface area contributed by atoms with Gasteiger partial charge in [0.15, 0.2) is 0 Å². The fourth-order valence-corrected chi connectivity index (χ4v) is 2.45. The van der Waals surface area contributed by atoms with Gasteiger partial charge in [-0.3, -0.25) is 4.99 Å². The minimum atomic E-state index is 1.08. The van der Waals surface area contributed by atoms with Crippen LogP contribution >= 0.6 is 0 Å². The Kier molecular flexibility index (Phi) is 3.81. The molecule has 2 heteroatoms. The van der Waals surface area contributed by atoms with Crippen molar-refractivity contribution in [2.45, 2.75) is 45.4 Å². The van der Waals surface area contributed by atoms with E-state index in [-0.39, 0.29) is 0 Å². The van der Waals surface area contributed by atoms with Gasteiger partial charge in [0.1, 0.15) is 0 Å². The van der Waals surface area contributed by atoms with Crippen LogP contribution in [0.25, 0.3) is 0 Å². The number of hydrogen-bond acceptors (Lipinski definition) is 2. The number of piperidine rings is 1. The summed E-state index contributed by atoms with van der Waals surface area (Å²) in [6.07, 6.45) is 9.42. The summed E-state index contributed by atoms with van der Waals surface area (Å²) < 4.78 is 0. The molecular formula is C14H22N2. The van der Waals surface area contributed by atoms with Crippen LogP contribution in [0.15, 0.2) is 29.0 Å². The molecule has 2 heterocycles. The first-order valence-corrected chi connectivity index (χ1v) is 6.39. The molecule has 0 aromatic rings. The highest BCUT2D eigenvalue weighted by molar-refractivity contribution is 5.86. The van der Waals surface area contributed by atoms with Gasteiger partial charge in [-0.05, 0) is 44.6 Å². The highest BCUT2D eigenvalue weighted by Crippen LogP contribution is 2.22. The van der Waals surface area contributed by atoms with Gasteiger partial charge in [-0.25, -0.2) is 0 Å². The third-order valence-electron chi connectivity index (χ3n) is 3.49. The van der Waals surface area contributed by atoms with Gasteiger partial charge in [0, 0.05) is 37.1 Å². The number of nitrogens with zero attached hydrogens (tertiary/aromatic N) is 2. The molecule has 0 spiro atoms. The lowest BCUT2D eigenvalue weighted by Gasteiger charge is -2.30. The van der Waals surface area contributed by atoms with Crippen LogP contribution < -0.4 is 0 Å². The zero-order chi connectivity index (χ0) is 11.4. The number of rotatable bonds is 4. The fourth-order valence-electron chi connectivity index (χ4n) is 2.45. The molecule has 0 aromatic carbocycles. The normalized spacial score (nSPS) is 20.7. The Morgan fingerprint density at radius 1 is 1.38 bits per heavy atom. The van der Waals surface area contributed by atoms with Crippen molar-refractivity contribution >= 4 is 5.71 Å². The van der Waals surface area contributed by atoms with E-state index in [0.29, 0.717) is 0 Å². The topological polar surface area (TPSA) is 15.6 Å². The van der Waals surface area contributed by atoms with Crippen molar-refractivity contribution in [3.05, 3.63) is 24.0 Å². The molecule has 0 bridgehead atoms. The Balaban J connectivity index is 1.71. The average Bonchev–Trinajstić information content (AvgIpc) is 2.73. The van der Waals surface area contributed by atoms with Gasteiger partial charge in [-0.1, -0.05) is 6.58 Å². The summed E-state index contributed by atoms with van der Waals surface area (Å²) in [5.41, 5.74) is 4.04. The first kappa shape index (κ1) is 11.4. The molecule has 16 heavy (non-hydrogen) atoms. The molecule has 0 aliphatic carbocycles. The van der Waals surface area contributed by atoms with Gasteiger partial charge in [0.2, 0.25) is 0 Å². The zero-order valence-electron chi connectivity index (χ0n) is 10.3. The Morgan fingerprint density at radius 3 is 2.75 bits per heavy atom. The van der Waals surface area contributed by atoms with Crippen LogP contribution in [-0.4, -0.2) is 23.7 Å². The van der Waals surface area contributed by atoms with E-state index in [2.05, 4.69) is 23.4 Å². The molecule has 0 radical (unpaired) electrons. The predicted molar refractivity (Wildman–Crippen MR) is 69.6 cm³/mol. The number of likely N-dealkylation sites (tertiary alicyclic amines) is 1. The molecule has 0 N–H and O–H groups in total. The molecule has 0 unspecified atom stereocenters. The molecule has 1 saturated heterocycles. The first-order valence-electron chi connectivity index (χ1n) is 6.39. The molecule has 0 saturated carbocycles. The molecule has 0 atom stereocenters. The maximum Gasteiger partial charge on any atom is 0.0263 e. The number of allylic oxidation sites excluding steroid dienone is 2. The highest BCUT2D eigenvalue weighted by Gasteiger charge is 2.13. The van der Waals surface area contributed by atoms with Crippen LogP contribution in [0.5, 0.6) is 0 Å². The average molecular weight is 218 g/mol. The lowest BCUT2D eigenvalue weighted by molar-refractivity contribution is 0.278. The fraction of sp³-hybridized carbons (Fsp3) is 0.643. The minimum absolute atomic E-state index is 1.08. The van der Waals surface area contributed by atoms with E-state index < -0.39 is 0 Å². The van der Waals surface area contributed by atoms with Crippen molar-refractivity contribution in [2.75, 3.05) is 13.1 Å². The Labute approximate surface area is 98.7 Å². The molecule has 2 aliphatic rings. The second kappa shape index (κ2) is 5.33. The van der Waals surface area contributed by atoms with E-state index in [1.807, 2.05) is 6.20 Å². The van der Waals surface area contributed by atoms with Crippen LogP contribution in [-0.2, 0) is 0 Å². The Bertz CT molecular complexity index is 320. The van der Waals surface area contributed by atoms with E-state index in [0.717, 1.165) is 19.3 Å². The summed E-state index contributed by atoms with van der Waals surface area (Å²) >= 11 is 0. The van der Waals surface area contributed by atoms with Gasteiger partial charge in [0.25, 0.3) is 0 Å². The van der Waals surface area contributed by atoms with Crippen molar-refractivity contribution in [3.63, 3.8) is 0 Å². The van der Waals surface area contributed by atoms with Crippen LogP contribution in [0.4, 0.5) is 0 Å². The second-order valence-electron chi connectivity index (χ2n) is 4.94. The molecule has 2 nitrogen and oxygen atoms in total. The molecule has 0 aromatic heterocycles. The lowest BCUT2D eigenvalue weighted by Crippen LogP contribution is -2.28. The van der Waals surface area contributed by atoms with Crippen molar-refractivity contribution in [1.29, 1.82) is 0 Å². The summed E-state index contributed by atoms with van der Waals surface area (Å²) in [5, 5.41) is 0. The standard InChI is InChI=1S/C14H22N2/c1-12-10-14(11-15-12)7-6-13(2)16-8-4-3-5-9-16/h11H,2-10H2,1H3. The summed E-state index contributed by atoms with van der Waals surface area (Å²) in [7, 11) is 0. The third kappa shape index (κ3) is 2.97. The van der Waals surface area contributed by atoms with E-state index in [9.17, 15) is 0 Å². The summed E-state index contributed by atoms with van der Waals surface area (Å²) in [5.74, 6) is 0. The van der Waals surface area contributed by atoms with E-state index in [4.69, 9.17) is 0 Å². The molecule has 88 valence electrons. The first-order chi connectivity index (χ1) is 7.75. The minimum Gasteiger partial charge on any atom is -0.375 e. The van der Waals surface area contributed by atoms with E-state index in [1.54, 1.807) is 0 Å². The number of hydrogen-bond donors (Lipinski definition) is 0. The van der Waals surface area contributed by atoms with Gasteiger partial charge < -0.3 is 4.90 Å². The third-order valence-corrected chi connectivity index (χ3v) is 3.49. The van der Waals surface area contributed by atoms with E-state index in [1.165, 1.54) is 49.3 Å². The van der Waals surface area contributed by atoms with Gasteiger partial charge in [-0.15, -0.1) is 0 Å². The van der Waals surface area contributed by atoms with Crippen LogP contribution in [0.1, 0.15) is 45.4 Å². The number of aliphatic imine (C=N–C) groups is 1. The SMILES string of the molecule is C=C(CCC1=CN=C(C)C1)N1CCCCC1. The maximum atomic E-state index is 4.32. The molecule has 0 amide bonds. The Morgan fingerprint density at radius 2 is 2.12 bits per heavy atom. The zero-order valence-corrected chi connectivity index (χ0v) is 10.3. The Hall–Kier alpha value is -1.05. The quantitative estimate of drug-likeness (QED) is 0.705. The van der Waals surface area contributed by atoms with Crippen molar-refractivity contribution in [3.8, 4) is 0 Å². The van der Waals surface area contributed by atoms with Crippen LogP contribution in [0.2, 0.25) is 0 Å². The van der Waals surface area contributed by atoms with Crippen LogP contribution in [0, 0.1) is 0 Å². The molecule has 2 aliphatic heterocycles. The van der Waals surface area contributed by atoms with Gasteiger partial charge in [-0.2, -0.15) is 0 Å². The van der Waals surface area contributed by atoms with Gasteiger partial charge in [0.05, 0.1) is 0 Å². The predicted octanol–water partition coefficient (Wildman–Crippen LogP) is 3.51. The monoisotopic (exact) mass is 218 g/mol. The highest BCUT2D eigenvalue weighted by atomic mass is 15.1. The largest absolute Gasteiger partial charge is 0.375 e. The summed E-state index contributed by atoms with van der Waals surface area (Å²) in [6.45, 7) is 8.75. The van der Waals surface area contributed by atoms with Crippen molar-refractivity contribution < 1.29 is 0 Å². The van der Waals surface area contributed by atoms with Gasteiger partial charge >= 0.3 is 0 Å².